The molecule has 11 heteroatoms. The van der Waals surface area contributed by atoms with Gasteiger partial charge in [-0.3, -0.25) is 0 Å². The van der Waals surface area contributed by atoms with Crippen LogP contribution >= 0.6 is 0 Å². The summed E-state index contributed by atoms with van der Waals surface area (Å²) in [5.74, 6) is 0.782. The van der Waals surface area contributed by atoms with E-state index < -0.39 is 7.19 Å². The van der Waals surface area contributed by atoms with Gasteiger partial charge in [-0.25, -0.2) is 0 Å². The molecule has 0 saturated carbocycles. The van der Waals surface area contributed by atoms with Crippen LogP contribution in [0.15, 0.2) is 53.9 Å². The molecule has 0 amide bonds. The molecule has 4 rings (SSSR count). The van der Waals surface area contributed by atoms with E-state index in [4.69, 9.17) is 4.65 Å². The van der Waals surface area contributed by atoms with Crippen molar-refractivity contribution in [2.24, 2.45) is 4.81 Å². The van der Waals surface area contributed by atoms with E-state index in [1.165, 1.54) is 0 Å². The molecule has 0 unspecified atom stereocenters. The van der Waals surface area contributed by atoms with Crippen molar-refractivity contribution in [3.8, 4) is 5.75 Å². The quantitative estimate of drug-likeness (QED) is 0.745. The van der Waals surface area contributed by atoms with Crippen molar-refractivity contribution in [3.05, 3.63) is 49.1 Å². The second-order valence-corrected chi connectivity index (χ2v) is 6.36. The second-order valence-electron chi connectivity index (χ2n) is 6.36. The third-order valence-electron chi connectivity index (χ3n) is 4.25. The topological polar surface area (TPSA) is 58.6 Å². The van der Waals surface area contributed by atoms with Gasteiger partial charge < -0.3 is 0 Å². The molecule has 2 N–H and O–H groups in total. The predicted octanol–water partition coefficient (Wildman–Crippen LogP) is -0.113. The number of anilines is 1. The van der Waals surface area contributed by atoms with E-state index in [0.717, 1.165) is 24.8 Å². The SMILES string of the molecule is CN1C=CN(B2NB=NB(Oc3cccc(N4C=CN(C)C4)c3)N2)C1. The normalized spacial score (nSPS) is 19.0. The molecule has 0 aromatic heterocycles. The molecular formula is C14H20B3N7O. The van der Waals surface area contributed by atoms with Gasteiger partial charge in [0.15, 0.2) is 0 Å². The maximum absolute atomic E-state index is 6.02. The van der Waals surface area contributed by atoms with Gasteiger partial charge in [0.1, 0.15) is 0 Å². The van der Waals surface area contributed by atoms with E-state index >= 15 is 0 Å². The fraction of sp³-hybridized carbons (Fsp3) is 0.286. The van der Waals surface area contributed by atoms with Crippen LogP contribution in [0.4, 0.5) is 5.69 Å². The summed E-state index contributed by atoms with van der Waals surface area (Å²) >= 11 is 0. The van der Waals surface area contributed by atoms with Crippen molar-refractivity contribution in [1.82, 2.24) is 24.9 Å². The predicted molar refractivity (Wildman–Crippen MR) is 101 cm³/mol. The Labute approximate surface area is 149 Å². The van der Waals surface area contributed by atoms with E-state index in [1.54, 1.807) is 7.21 Å². The summed E-state index contributed by atoms with van der Waals surface area (Å²) in [5, 5.41) is 6.54. The van der Waals surface area contributed by atoms with Gasteiger partial charge in [0, 0.05) is 0 Å². The van der Waals surface area contributed by atoms with Crippen LogP contribution in [-0.2, 0) is 0 Å². The first-order chi connectivity index (χ1) is 12.2. The van der Waals surface area contributed by atoms with Crippen LogP contribution in [0.3, 0.4) is 0 Å². The summed E-state index contributed by atoms with van der Waals surface area (Å²) < 4.78 is 6.02. The van der Waals surface area contributed by atoms with Crippen LogP contribution in [-0.4, -0.2) is 63.6 Å². The molecule has 25 heavy (non-hydrogen) atoms. The van der Waals surface area contributed by atoms with E-state index in [9.17, 15) is 0 Å². The monoisotopic (exact) mass is 335 g/mol. The standard InChI is InChI=1S/C14H20B3N7O/c1-21-6-8-23(11-21)13-4-3-5-14(10-13)25-17-19-15-18-16(20-17)24-9-7-22(2)12-24/h3-10,18,20H,11-12H2,1-2H3. The third kappa shape index (κ3) is 3.61. The van der Waals surface area contributed by atoms with Crippen LogP contribution < -0.4 is 19.8 Å². The molecule has 0 aliphatic carbocycles. The summed E-state index contributed by atoms with van der Waals surface area (Å²) in [6.45, 7) is 1.65. The average Bonchev–Trinajstić information content (AvgIpc) is 3.24. The molecule has 0 fully saturated rings. The van der Waals surface area contributed by atoms with Crippen LogP contribution in [0.5, 0.6) is 5.75 Å². The molecule has 8 nitrogen and oxygen atoms in total. The molecule has 1 aromatic rings. The molecule has 126 valence electrons. The Kier molecular flexibility index (Phi) is 4.31. The Morgan fingerprint density at radius 1 is 1.12 bits per heavy atom. The van der Waals surface area contributed by atoms with Crippen molar-refractivity contribution >= 4 is 27.2 Å². The molecule has 1 aromatic carbocycles. The van der Waals surface area contributed by atoms with Gasteiger partial charge in [-0.2, -0.15) is 0 Å². The van der Waals surface area contributed by atoms with Gasteiger partial charge in [-0.05, 0) is 0 Å². The first-order valence-electron chi connectivity index (χ1n) is 8.27. The molecule has 0 radical (unpaired) electrons. The van der Waals surface area contributed by atoms with Gasteiger partial charge in [0.25, 0.3) is 0 Å². The first-order valence-corrected chi connectivity index (χ1v) is 8.27. The Morgan fingerprint density at radius 2 is 1.96 bits per heavy atom. The Morgan fingerprint density at radius 3 is 2.72 bits per heavy atom. The minimum absolute atomic E-state index is 0.0537. The van der Waals surface area contributed by atoms with E-state index in [0.29, 0.717) is 0 Å². The number of nitrogens with zero attached hydrogens (tertiary/aromatic N) is 5. The van der Waals surface area contributed by atoms with E-state index in [-0.39, 0.29) is 7.12 Å². The average molecular weight is 335 g/mol. The van der Waals surface area contributed by atoms with Gasteiger partial charge in [0.2, 0.25) is 0 Å². The molecule has 0 spiro atoms. The summed E-state index contributed by atoms with van der Waals surface area (Å²) in [7, 11) is 5.30. The summed E-state index contributed by atoms with van der Waals surface area (Å²) in [5.41, 5.74) is 1.09. The Balaban J connectivity index is 1.40. The van der Waals surface area contributed by atoms with Crippen LogP contribution in [0.25, 0.3) is 0 Å². The van der Waals surface area contributed by atoms with Gasteiger partial charge in [-0.15, -0.1) is 0 Å². The van der Waals surface area contributed by atoms with Gasteiger partial charge in [-0.1, -0.05) is 0 Å². The molecule has 3 heterocycles. The number of rotatable bonds is 4. The zero-order valence-electron chi connectivity index (χ0n) is 14.4. The number of nitrogens with one attached hydrogen (secondary N) is 2. The fourth-order valence-electron chi connectivity index (χ4n) is 2.94. The molecular weight excluding hydrogens is 315 g/mol. The fourth-order valence-corrected chi connectivity index (χ4v) is 2.94. The maximum atomic E-state index is 6.02. The summed E-state index contributed by atoms with van der Waals surface area (Å²) in [6.07, 6.45) is 8.19. The minimum atomic E-state index is -0.433. The molecule has 3 aliphatic heterocycles. The van der Waals surface area contributed by atoms with Crippen molar-refractivity contribution in [3.63, 3.8) is 0 Å². The molecule has 3 aliphatic rings. The molecule has 0 saturated heterocycles. The number of hydrogen-bond donors (Lipinski definition) is 2. The van der Waals surface area contributed by atoms with Gasteiger partial charge >= 0.3 is 149 Å². The molecule has 0 atom stereocenters. The summed E-state index contributed by atoms with van der Waals surface area (Å²) in [6, 6.07) is 8.05. The third-order valence-corrected chi connectivity index (χ3v) is 4.25. The zero-order valence-corrected chi connectivity index (χ0v) is 14.4. The number of benzene rings is 1. The number of hydrogen-bond acceptors (Lipinski definition) is 8. The van der Waals surface area contributed by atoms with Crippen molar-refractivity contribution in [2.75, 3.05) is 32.3 Å². The Bertz CT molecular complexity index is 715. The van der Waals surface area contributed by atoms with E-state index in [1.807, 2.05) is 37.6 Å². The van der Waals surface area contributed by atoms with Crippen molar-refractivity contribution in [1.29, 1.82) is 0 Å². The van der Waals surface area contributed by atoms with E-state index in [2.05, 4.69) is 60.1 Å². The van der Waals surface area contributed by atoms with Crippen LogP contribution in [0.2, 0.25) is 0 Å². The van der Waals surface area contributed by atoms with Crippen molar-refractivity contribution < 1.29 is 4.65 Å². The first kappa shape index (κ1) is 16.0. The van der Waals surface area contributed by atoms with Gasteiger partial charge in [0.05, 0.1) is 0 Å². The zero-order chi connectivity index (χ0) is 17.2. The van der Waals surface area contributed by atoms with Crippen LogP contribution in [0.1, 0.15) is 0 Å². The van der Waals surface area contributed by atoms with Crippen molar-refractivity contribution in [2.45, 2.75) is 0 Å². The Hall–Kier alpha value is -2.55. The second kappa shape index (κ2) is 6.75. The summed E-state index contributed by atoms with van der Waals surface area (Å²) in [4.78, 5) is 12.9. The molecule has 0 bridgehead atoms. The van der Waals surface area contributed by atoms with Crippen LogP contribution in [0, 0.1) is 0 Å².